The van der Waals surface area contributed by atoms with Crippen LogP contribution in [0.1, 0.15) is 49.4 Å². The fourth-order valence-corrected chi connectivity index (χ4v) is 3.48. The summed E-state index contributed by atoms with van der Waals surface area (Å²) in [5.41, 5.74) is 1.69. The Balaban J connectivity index is 1.92. The van der Waals surface area contributed by atoms with E-state index in [4.69, 9.17) is 14.5 Å². The van der Waals surface area contributed by atoms with E-state index in [9.17, 15) is 13.6 Å². The summed E-state index contributed by atoms with van der Waals surface area (Å²) in [6.07, 6.45) is 4.44. The molecule has 0 spiro atoms. The molecule has 0 aromatic carbocycles. The van der Waals surface area contributed by atoms with E-state index in [1.807, 2.05) is 11.8 Å². The number of allylic oxidation sites excluding steroid dienone is 4. The third-order valence-corrected chi connectivity index (χ3v) is 5.36. The maximum absolute atomic E-state index is 13.6. The summed E-state index contributed by atoms with van der Waals surface area (Å²) >= 11 is 0. The first kappa shape index (κ1) is 26.9. The van der Waals surface area contributed by atoms with Crippen molar-refractivity contribution in [3.8, 4) is 5.88 Å². The van der Waals surface area contributed by atoms with E-state index in [1.54, 1.807) is 26.1 Å². The van der Waals surface area contributed by atoms with E-state index in [0.29, 0.717) is 67.3 Å². The Bertz CT molecular complexity index is 1170. The van der Waals surface area contributed by atoms with Crippen molar-refractivity contribution in [2.45, 2.75) is 33.6 Å². The lowest BCUT2D eigenvalue weighted by Crippen LogP contribution is -2.37. The average molecular weight is 501 g/mol. The Morgan fingerprint density at radius 1 is 1.33 bits per heavy atom. The number of amides is 1. The van der Waals surface area contributed by atoms with Crippen LogP contribution in [0.5, 0.6) is 5.88 Å². The highest BCUT2D eigenvalue weighted by atomic mass is 19.3. The largest absolute Gasteiger partial charge is 0.475 e. The van der Waals surface area contributed by atoms with Crippen LogP contribution >= 0.6 is 0 Å². The molecule has 1 saturated heterocycles. The van der Waals surface area contributed by atoms with E-state index in [0.717, 1.165) is 13.0 Å². The quantitative estimate of drug-likeness (QED) is 0.410. The van der Waals surface area contributed by atoms with Gasteiger partial charge in [-0.2, -0.15) is 8.78 Å². The number of ether oxygens (including phenoxy) is 2. The van der Waals surface area contributed by atoms with Crippen LogP contribution in [0.25, 0.3) is 5.57 Å². The van der Waals surface area contributed by atoms with Crippen molar-refractivity contribution < 1.29 is 23.0 Å². The Morgan fingerprint density at radius 3 is 2.69 bits per heavy atom. The van der Waals surface area contributed by atoms with Crippen LogP contribution in [0.3, 0.4) is 0 Å². The minimum Gasteiger partial charge on any atom is -0.475 e. The van der Waals surface area contributed by atoms with Gasteiger partial charge in [-0.05, 0) is 45.7 Å². The summed E-state index contributed by atoms with van der Waals surface area (Å²) in [6.45, 7) is 12.5. The molecule has 0 radical (unpaired) electrons. The Morgan fingerprint density at radius 2 is 2.06 bits per heavy atom. The maximum Gasteiger partial charge on any atom is 0.286 e. The van der Waals surface area contributed by atoms with Gasteiger partial charge in [0.2, 0.25) is 0 Å². The van der Waals surface area contributed by atoms with Crippen molar-refractivity contribution in [2.75, 3.05) is 37.8 Å². The summed E-state index contributed by atoms with van der Waals surface area (Å²) in [5, 5.41) is 2.72. The number of nitrogens with one attached hydrogen (secondary N) is 1. The molecule has 0 unspecified atom stereocenters. The fraction of sp³-hybridized carbons (Fsp3) is 0.400. The molecule has 0 atom stereocenters. The number of alkyl halides is 2. The SMILES string of the molecule is C=N/C(C)=C(\C=C(/C)NC(=O)c1ccnc(C(C)(F)F)c1)c1cnc(OCC)c(N2CCOCC2)n1. The zero-order valence-electron chi connectivity index (χ0n) is 20.8. The van der Waals surface area contributed by atoms with Gasteiger partial charge in [0, 0.05) is 48.7 Å². The lowest BCUT2D eigenvalue weighted by atomic mass is 10.1. The maximum atomic E-state index is 13.6. The zero-order chi connectivity index (χ0) is 26.3. The van der Waals surface area contributed by atoms with Gasteiger partial charge in [-0.25, -0.2) is 9.97 Å². The smallest absolute Gasteiger partial charge is 0.286 e. The number of pyridine rings is 1. The van der Waals surface area contributed by atoms with Crippen LogP contribution in [0, 0.1) is 0 Å². The Kier molecular flexibility index (Phi) is 8.81. The molecule has 1 fully saturated rings. The van der Waals surface area contributed by atoms with Crippen molar-refractivity contribution in [3.05, 3.63) is 58.9 Å². The summed E-state index contributed by atoms with van der Waals surface area (Å²) in [5.74, 6) is -2.70. The van der Waals surface area contributed by atoms with Crippen molar-refractivity contribution in [1.29, 1.82) is 0 Å². The molecule has 1 amide bonds. The number of hydrogen-bond acceptors (Lipinski definition) is 8. The molecule has 2 aromatic heterocycles. The highest BCUT2D eigenvalue weighted by Gasteiger charge is 2.27. The van der Waals surface area contributed by atoms with Crippen molar-refractivity contribution >= 4 is 24.0 Å². The number of carbonyl (C=O) groups is 1. The standard InChI is InChI=1S/C25H30F2N6O3/c1-6-36-24-22(33-9-11-35-12-10-33)32-20(15-30-24)19(17(3)28-5)13-16(2)31-23(34)18-7-8-29-21(14-18)25(4,26)27/h7-8,13-15H,5-6,9-12H2,1-4H3,(H,31,34)/b16-13+,19-17+. The molecule has 2 aromatic rings. The number of aliphatic imine (C=N–C) groups is 1. The molecule has 3 rings (SSSR count). The van der Waals surface area contributed by atoms with Crippen LogP contribution in [-0.2, 0) is 10.7 Å². The number of halogens is 2. The molecular weight excluding hydrogens is 470 g/mol. The van der Waals surface area contributed by atoms with Gasteiger partial charge in [0.05, 0.1) is 31.7 Å². The van der Waals surface area contributed by atoms with Crippen LogP contribution < -0.4 is 15.0 Å². The predicted octanol–water partition coefficient (Wildman–Crippen LogP) is 3.98. The van der Waals surface area contributed by atoms with Gasteiger partial charge >= 0.3 is 0 Å². The molecule has 0 bridgehead atoms. The molecule has 11 heteroatoms. The molecule has 0 aliphatic carbocycles. The number of carbonyl (C=O) groups excluding carboxylic acids is 1. The van der Waals surface area contributed by atoms with Crippen molar-refractivity contribution in [2.24, 2.45) is 4.99 Å². The molecule has 1 N–H and O–H groups in total. The van der Waals surface area contributed by atoms with Gasteiger partial charge in [0.15, 0.2) is 5.82 Å². The second-order valence-corrected chi connectivity index (χ2v) is 8.17. The van der Waals surface area contributed by atoms with Crippen LogP contribution in [-0.4, -0.2) is 60.5 Å². The normalized spacial score (nSPS) is 15.3. The van der Waals surface area contributed by atoms with Crippen LogP contribution in [0.2, 0.25) is 0 Å². The van der Waals surface area contributed by atoms with E-state index < -0.39 is 17.5 Å². The van der Waals surface area contributed by atoms with Crippen molar-refractivity contribution in [1.82, 2.24) is 20.3 Å². The van der Waals surface area contributed by atoms with E-state index >= 15 is 0 Å². The van der Waals surface area contributed by atoms with E-state index in [1.165, 1.54) is 12.3 Å². The molecule has 192 valence electrons. The second-order valence-electron chi connectivity index (χ2n) is 8.17. The summed E-state index contributed by atoms with van der Waals surface area (Å²) in [6, 6.07) is 2.44. The Hall–Kier alpha value is -3.73. The summed E-state index contributed by atoms with van der Waals surface area (Å²) < 4.78 is 38.4. The van der Waals surface area contributed by atoms with E-state index in [2.05, 4.69) is 27.0 Å². The van der Waals surface area contributed by atoms with Gasteiger partial charge in [-0.15, -0.1) is 0 Å². The number of rotatable bonds is 9. The first-order chi connectivity index (χ1) is 17.1. The highest BCUT2D eigenvalue weighted by Crippen LogP contribution is 2.29. The number of morpholine rings is 1. The van der Waals surface area contributed by atoms with Crippen LogP contribution in [0.15, 0.2) is 47.0 Å². The zero-order valence-corrected chi connectivity index (χ0v) is 20.8. The monoisotopic (exact) mass is 500 g/mol. The third kappa shape index (κ3) is 6.69. The Labute approximate surface area is 209 Å². The first-order valence-electron chi connectivity index (χ1n) is 11.5. The second kappa shape index (κ2) is 11.8. The van der Waals surface area contributed by atoms with Crippen LogP contribution in [0.4, 0.5) is 14.6 Å². The lowest BCUT2D eigenvalue weighted by molar-refractivity contribution is 0.0127. The number of hydrogen-bond donors (Lipinski definition) is 1. The van der Waals surface area contributed by atoms with Gasteiger partial charge < -0.3 is 19.7 Å². The fourth-order valence-electron chi connectivity index (χ4n) is 3.48. The number of anilines is 1. The van der Waals surface area contributed by atoms with Gasteiger partial charge in [-0.3, -0.25) is 14.8 Å². The highest BCUT2D eigenvalue weighted by molar-refractivity contribution is 5.95. The van der Waals surface area contributed by atoms with Gasteiger partial charge in [0.1, 0.15) is 5.69 Å². The van der Waals surface area contributed by atoms with E-state index in [-0.39, 0.29) is 5.56 Å². The molecular formula is C25H30F2N6O3. The molecule has 36 heavy (non-hydrogen) atoms. The minimum absolute atomic E-state index is 0.0637. The lowest BCUT2D eigenvalue weighted by Gasteiger charge is -2.29. The minimum atomic E-state index is -3.16. The molecule has 0 saturated carbocycles. The molecule has 1 aliphatic rings. The third-order valence-electron chi connectivity index (χ3n) is 5.36. The first-order valence-corrected chi connectivity index (χ1v) is 11.5. The number of aromatic nitrogens is 3. The molecule has 9 nitrogen and oxygen atoms in total. The number of nitrogens with zero attached hydrogens (tertiary/aromatic N) is 5. The average Bonchev–Trinajstić information content (AvgIpc) is 2.87. The molecule has 1 aliphatic heterocycles. The summed E-state index contributed by atoms with van der Waals surface area (Å²) in [7, 11) is 0. The predicted molar refractivity (Wildman–Crippen MR) is 133 cm³/mol. The topological polar surface area (TPSA) is 102 Å². The summed E-state index contributed by atoms with van der Waals surface area (Å²) in [4.78, 5) is 31.7. The van der Waals surface area contributed by atoms with Crippen molar-refractivity contribution in [3.63, 3.8) is 0 Å². The van der Waals surface area contributed by atoms with Gasteiger partial charge in [0.25, 0.3) is 17.7 Å². The molecule has 3 heterocycles. The van der Waals surface area contributed by atoms with Gasteiger partial charge in [-0.1, -0.05) is 0 Å².